The molecule has 1 heterocycles. The molecule has 13 heavy (non-hydrogen) atoms. The molecule has 2 rings (SSSR count). The average molecular weight is 247 g/mol. The van der Waals surface area contributed by atoms with E-state index in [2.05, 4.69) is 15.9 Å². The Morgan fingerprint density at radius 1 is 1.69 bits per heavy atom. The Labute approximate surface area is 83.0 Å². The van der Waals surface area contributed by atoms with Crippen LogP contribution in [0.25, 0.3) is 0 Å². The van der Waals surface area contributed by atoms with E-state index in [1.165, 1.54) is 6.92 Å². The van der Waals surface area contributed by atoms with Crippen molar-refractivity contribution in [3.8, 4) is 0 Å². The number of hydrogen-bond acceptors (Lipinski definition) is 4. The van der Waals surface area contributed by atoms with E-state index < -0.39 is 12.2 Å². The Bertz CT molecular complexity index is 309. The van der Waals surface area contributed by atoms with E-state index >= 15 is 0 Å². The van der Waals surface area contributed by atoms with Crippen LogP contribution in [-0.2, 0) is 19.1 Å². The molecule has 0 amide bonds. The van der Waals surface area contributed by atoms with E-state index in [-0.39, 0.29) is 17.9 Å². The molecule has 0 N–H and O–H groups in total. The SMILES string of the molecule is CC(=O)O[C@@H]1C=C(Br)C(=O)[C@H]2O[C@H]21. The molecule has 2 aliphatic rings. The van der Waals surface area contributed by atoms with Gasteiger partial charge in [0.2, 0.25) is 5.78 Å². The van der Waals surface area contributed by atoms with Gasteiger partial charge in [0.1, 0.15) is 6.10 Å². The molecule has 0 unspecified atom stereocenters. The van der Waals surface area contributed by atoms with Crippen LogP contribution in [0, 0.1) is 0 Å². The highest BCUT2D eigenvalue weighted by atomic mass is 79.9. The zero-order valence-corrected chi connectivity index (χ0v) is 8.41. The van der Waals surface area contributed by atoms with E-state index in [1.54, 1.807) is 6.08 Å². The lowest BCUT2D eigenvalue weighted by Gasteiger charge is -2.13. The van der Waals surface area contributed by atoms with Gasteiger partial charge in [-0.3, -0.25) is 9.59 Å². The van der Waals surface area contributed by atoms with Gasteiger partial charge in [0.05, 0.1) is 4.48 Å². The number of ether oxygens (including phenoxy) is 2. The molecular weight excluding hydrogens is 240 g/mol. The lowest BCUT2D eigenvalue weighted by atomic mass is 10.0. The first-order valence-electron chi connectivity index (χ1n) is 3.84. The second kappa shape index (κ2) is 2.92. The Hall–Kier alpha value is -0.680. The summed E-state index contributed by atoms with van der Waals surface area (Å²) in [6, 6.07) is 0. The van der Waals surface area contributed by atoms with Crippen molar-refractivity contribution < 1.29 is 19.1 Å². The zero-order chi connectivity index (χ0) is 9.59. The Kier molecular flexibility index (Phi) is 2.00. The van der Waals surface area contributed by atoms with E-state index in [4.69, 9.17) is 9.47 Å². The molecule has 0 saturated carbocycles. The molecule has 3 atom stereocenters. The van der Waals surface area contributed by atoms with E-state index in [0.717, 1.165) is 0 Å². The lowest BCUT2D eigenvalue weighted by Crippen LogP contribution is -2.29. The second-order valence-corrected chi connectivity index (χ2v) is 3.83. The van der Waals surface area contributed by atoms with Crippen LogP contribution in [0.15, 0.2) is 10.6 Å². The van der Waals surface area contributed by atoms with E-state index in [0.29, 0.717) is 4.48 Å². The van der Waals surface area contributed by atoms with Crippen molar-refractivity contribution in [2.45, 2.75) is 25.2 Å². The monoisotopic (exact) mass is 246 g/mol. The van der Waals surface area contributed by atoms with Crippen LogP contribution in [0.5, 0.6) is 0 Å². The highest BCUT2D eigenvalue weighted by Gasteiger charge is 2.54. The summed E-state index contributed by atoms with van der Waals surface area (Å²) >= 11 is 3.09. The van der Waals surface area contributed by atoms with Crippen LogP contribution in [-0.4, -0.2) is 30.1 Å². The Balaban J connectivity index is 2.14. The summed E-state index contributed by atoms with van der Waals surface area (Å²) in [7, 11) is 0. The van der Waals surface area contributed by atoms with Gasteiger partial charge in [-0.2, -0.15) is 0 Å². The standard InChI is InChI=1S/C8H7BrO4/c1-3(10)12-5-2-4(9)6(11)8-7(5)13-8/h2,5,7-8H,1H3/t5-,7+,8-/m1/s1. The van der Waals surface area contributed by atoms with Gasteiger partial charge in [0, 0.05) is 6.92 Å². The number of hydrogen-bond donors (Lipinski definition) is 0. The summed E-state index contributed by atoms with van der Waals surface area (Å²) < 4.78 is 10.4. The average Bonchev–Trinajstić information content (AvgIpc) is 2.77. The van der Waals surface area contributed by atoms with Crippen LogP contribution in [0.1, 0.15) is 6.92 Å². The molecule has 5 heteroatoms. The number of rotatable bonds is 1. The van der Waals surface area contributed by atoms with Crippen molar-refractivity contribution in [2.24, 2.45) is 0 Å². The van der Waals surface area contributed by atoms with Gasteiger partial charge in [0.15, 0.2) is 12.2 Å². The van der Waals surface area contributed by atoms with Gasteiger partial charge in [-0.25, -0.2) is 0 Å². The van der Waals surface area contributed by atoms with Crippen molar-refractivity contribution in [1.29, 1.82) is 0 Å². The van der Waals surface area contributed by atoms with Gasteiger partial charge in [-0.15, -0.1) is 0 Å². The van der Waals surface area contributed by atoms with E-state index in [9.17, 15) is 9.59 Å². The third kappa shape index (κ3) is 1.53. The van der Waals surface area contributed by atoms with Gasteiger partial charge in [0.25, 0.3) is 0 Å². The molecule has 0 aromatic rings. The summed E-state index contributed by atoms with van der Waals surface area (Å²) in [5, 5.41) is 0. The number of carbonyl (C=O) groups is 2. The highest BCUT2D eigenvalue weighted by Crippen LogP contribution is 2.37. The fraction of sp³-hybridized carbons (Fsp3) is 0.500. The normalized spacial score (nSPS) is 36.3. The third-order valence-electron chi connectivity index (χ3n) is 1.96. The lowest BCUT2D eigenvalue weighted by molar-refractivity contribution is -0.145. The first-order valence-corrected chi connectivity index (χ1v) is 4.63. The molecule has 0 radical (unpaired) electrons. The fourth-order valence-electron chi connectivity index (χ4n) is 1.33. The van der Waals surface area contributed by atoms with Crippen LogP contribution >= 0.6 is 15.9 Å². The number of esters is 1. The number of epoxide rings is 1. The van der Waals surface area contributed by atoms with Crippen molar-refractivity contribution in [2.75, 3.05) is 0 Å². The van der Waals surface area contributed by atoms with Crippen molar-refractivity contribution in [3.63, 3.8) is 0 Å². The van der Waals surface area contributed by atoms with Crippen LogP contribution < -0.4 is 0 Å². The molecule has 0 spiro atoms. The van der Waals surface area contributed by atoms with Crippen molar-refractivity contribution in [3.05, 3.63) is 10.6 Å². The first-order chi connectivity index (χ1) is 6.09. The Morgan fingerprint density at radius 3 is 3.00 bits per heavy atom. The van der Waals surface area contributed by atoms with Crippen LogP contribution in [0.3, 0.4) is 0 Å². The molecule has 0 bridgehead atoms. The molecule has 1 aliphatic heterocycles. The van der Waals surface area contributed by atoms with E-state index in [1.807, 2.05) is 0 Å². The predicted octanol–water partition coefficient (Wildman–Crippen LogP) is 0.547. The minimum absolute atomic E-state index is 0.0756. The molecule has 4 nitrogen and oxygen atoms in total. The molecule has 0 aromatic heterocycles. The molecule has 1 aliphatic carbocycles. The second-order valence-electron chi connectivity index (χ2n) is 2.97. The summed E-state index contributed by atoms with van der Waals surface area (Å²) in [4.78, 5) is 21.9. The zero-order valence-electron chi connectivity index (χ0n) is 6.82. The minimum Gasteiger partial charge on any atom is -0.455 e. The summed E-state index contributed by atoms with van der Waals surface area (Å²) in [6.45, 7) is 1.33. The summed E-state index contributed by atoms with van der Waals surface area (Å²) in [5.41, 5.74) is 0. The number of Topliss-reactive ketones (excluding diaryl/α,β-unsaturated/α-hetero) is 1. The van der Waals surface area contributed by atoms with Gasteiger partial charge in [-0.05, 0) is 22.0 Å². The number of halogens is 1. The number of ketones is 1. The van der Waals surface area contributed by atoms with Crippen LogP contribution in [0.4, 0.5) is 0 Å². The quantitative estimate of drug-likeness (QED) is 0.501. The summed E-state index contributed by atoms with van der Waals surface area (Å²) in [5.74, 6) is -0.446. The van der Waals surface area contributed by atoms with Gasteiger partial charge >= 0.3 is 5.97 Å². The van der Waals surface area contributed by atoms with Crippen molar-refractivity contribution >= 4 is 27.7 Å². The minimum atomic E-state index is -0.422. The predicted molar refractivity (Wildman–Crippen MR) is 46.2 cm³/mol. The Morgan fingerprint density at radius 2 is 2.38 bits per heavy atom. The highest BCUT2D eigenvalue weighted by molar-refractivity contribution is 9.12. The maximum atomic E-state index is 11.2. The van der Waals surface area contributed by atoms with Gasteiger partial charge in [-0.1, -0.05) is 0 Å². The van der Waals surface area contributed by atoms with Crippen molar-refractivity contribution in [1.82, 2.24) is 0 Å². The molecule has 70 valence electrons. The van der Waals surface area contributed by atoms with Gasteiger partial charge < -0.3 is 9.47 Å². The molecule has 1 fully saturated rings. The smallest absolute Gasteiger partial charge is 0.303 e. The maximum Gasteiger partial charge on any atom is 0.303 e. The number of fused-ring (bicyclic) bond motifs is 1. The fourth-order valence-corrected chi connectivity index (χ4v) is 1.82. The molecular formula is C8H7BrO4. The maximum absolute atomic E-state index is 11.2. The number of carbonyl (C=O) groups excluding carboxylic acids is 2. The van der Waals surface area contributed by atoms with Crippen LogP contribution in [0.2, 0.25) is 0 Å². The summed E-state index contributed by atoms with van der Waals surface area (Å²) in [6.07, 6.45) is 0.466. The molecule has 0 aromatic carbocycles. The largest absolute Gasteiger partial charge is 0.455 e. The molecule has 1 saturated heterocycles. The first kappa shape index (κ1) is 8.90. The topological polar surface area (TPSA) is 55.9 Å². The third-order valence-corrected chi connectivity index (χ3v) is 2.61.